The van der Waals surface area contributed by atoms with E-state index in [1.165, 1.54) is 6.20 Å². The largest absolute Gasteiger partial charge is 0.368 e. The summed E-state index contributed by atoms with van der Waals surface area (Å²) in [5, 5.41) is 0. The number of carbonyl (C=O) groups is 1. The van der Waals surface area contributed by atoms with E-state index in [4.69, 9.17) is 11.2 Å². The molecule has 0 aromatic carbocycles. The lowest BCUT2D eigenvalue weighted by Gasteiger charge is -2.32. The SMILES string of the molecule is C#CCOCC1CCCN(C(=O)c2ccc[nH]c2=O)C1. The lowest BCUT2D eigenvalue weighted by molar-refractivity contribution is 0.0532. The fourth-order valence-electron chi connectivity index (χ4n) is 2.43. The van der Waals surface area contributed by atoms with Gasteiger partial charge in [-0.05, 0) is 25.0 Å². The van der Waals surface area contributed by atoms with Crippen LogP contribution >= 0.6 is 0 Å². The summed E-state index contributed by atoms with van der Waals surface area (Å²) in [6, 6.07) is 3.21. The van der Waals surface area contributed by atoms with Gasteiger partial charge in [-0.25, -0.2) is 0 Å². The van der Waals surface area contributed by atoms with Crippen molar-refractivity contribution >= 4 is 5.91 Å². The molecule has 1 fully saturated rings. The molecule has 0 saturated carbocycles. The molecule has 5 nitrogen and oxygen atoms in total. The molecule has 1 unspecified atom stereocenters. The lowest BCUT2D eigenvalue weighted by atomic mass is 9.98. The first kappa shape index (κ1) is 14.4. The van der Waals surface area contributed by atoms with Gasteiger partial charge >= 0.3 is 0 Å². The number of terminal acetylenes is 1. The van der Waals surface area contributed by atoms with Crippen LogP contribution in [0.2, 0.25) is 0 Å². The number of amides is 1. The van der Waals surface area contributed by atoms with Crippen molar-refractivity contribution in [2.24, 2.45) is 5.92 Å². The van der Waals surface area contributed by atoms with Crippen LogP contribution < -0.4 is 5.56 Å². The highest BCUT2D eigenvalue weighted by atomic mass is 16.5. The smallest absolute Gasteiger partial charge is 0.260 e. The van der Waals surface area contributed by atoms with E-state index in [1.54, 1.807) is 17.0 Å². The first-order valence-electron chi connectivity index (χ1n) is 6.70. The Bertz CT molecular complexity index is 559. The van der Waals surface area contributed by atoms with Gasteiger partial charge in [-0.3, -0.25) is 9.59 Å². The fourth-order valence-corrected chi connectivity index (χ4v) is 2.43. The van der Waals surface area contributed by atoms with Gasteiger partial charge in [0, 0.05) is 25.2 Å². The van der Waals surface area contributed by atoms with E-state index in [1.807, 2.05) is 0 Å². The molecular weight excluding hydrogens is 256 g/mol. The number of aromatic amines is 1. The highest BCUT2D eigenvalue weighted by molar-refractivity contribution is 5.93. The molecule has 1 aliphatic heterocycles. The number of ether oxygens (including phenoxy) is 1. The molecule has 0 bridgehead atoms. The molecular formula is C15H18N2O3. The summed E-state index contributed by atoms with van der Waals surface area (Å²) < 4.78 is 5.34. The zero-order valence-electron chi connectivity index (χ0n) is 11.3. The minimum atomic E-state index is -0.344. The monoisotopic (exact) mass is 274 g/mol. The molecule has 0 aliphatic carbocycles. The van der Waals surface area contributed by atoms with Crippen LogP contribution in [0.3, 0.4) is 0 Å². The first-order chi connectivity index (χ1) is 9.72. The van der Waals surface area contributed by atoms with Crippen LogP contribution in [0.15, 0.2) is 23.1 Å². The van der Waals surface area contributed by atoms with Crippen LogP contribution in [0.4, 0.5) is 0 Å². The van der Waals surface area contributed by atoms with Gasteiger partial charge in [0.05, 0.1) is 6.61 Å². The standard InChI is InChI=1S/C15H18N2O3/c1-2-9-20-11-12-5-4-8-17(10-12)15(19)13-6-3-7-16-14(13)18/h1,3,6-7,12H,4-5,8-11H2,(H,16,18). The number of piperidine rings is 1. The van der Waals surface area contributed by atoms with Gasteiger partial charge < -0.3 is 14.6 Å². The highest BCUT2D eigenvalue weighted by Gasteiger charge is 2.25. The fraction of sp³-hybridized carbons (Fsp3) is 0.467. The number of nitrogens with one attached hydrogen (secondary N) is 1. The first-order valence-corrected chi connectivity index (χ1v) is 6.70. The number of pyridine rings is 1. The van der Waals surface area contributed by atoms with Crippen molar-refractivity contribution in [2.45, 2.75) is 12.8 Å². The van der Waals surface area contributed by atoms with E-state index in [0.717, 1.165) is 12.8 Å². The molecule has 0 spiro atoms. The maximum Gasteiger partial charge on any atom is 0.260 e. The zero-order chi connectivity index (χ0) is 14.4. The second-order valence-electron chi connectivity index (χ2n) is 4.89. The predicted octanol–water partition coefficient (Wildman–Crippen LogP) is 0.877. The summed E-state index contributed by atoms with van der Waals surface area (Å²) in [6.45, 7) is 2.14. The van der Waals surface area contributed by atoms with Crippen molar-refractivity contribution in [2.75, 3.05) is 26.3 Å². The maximum atomic E-state index is 12.3. The average molecular weight is 274 g/mol. The van der Waals surface area contributed by atoms with Gasteiger partial charge in [0.15, 0.2) is 0 Å². The molecule has 1 aliphatic rings. The van der Waals surface area contributed by atoms with E-state index in [2.05, 4.69) is 10.9 Å². The Morgan fingerprint density at radius 3 is 3.20 bits per heavy atom. The van der Waals surface area contributed by atoms with Crippen molar-refractivity contribution in [3.63, 3.8) is 0 Å². The van der Waals surface area contributed by atoms with Crippen LogP contribution in [0.5, 0.6) is 0 Å². The van der Waals surface area contributed by atoms with Crippen molar-refractivity contribution < 1.29 is 9.53 Å². The number of hydrogen-bond donors (Lipinski definition) is 1. The van der Waals surface area contributed by atoms with Gasteiger partial charge in [-0.1, -0.05) is 5.92 Å². The number of hydrogen-bond acceptors (Lipinski definition) is 3. The molecule has 1 amide bonds. The molecule has 1 atom stereocenters. The molecule has 1 aromatic rings. The summed E-state index contributed by atoms with van der Waals surface area (Å²) in [6.07, 6.45) is 8.58. The van der Waals surface area contributed by atoms with Crippen LogP contribution in [0, 0.1) is 18.3 Å². The Hall–Kier alpha value is -2.06. The number of likely N-dealkylation sites (tertiary alicyclic amines) is 1. The minimum absolute atomic E-state index is 0.192. The van der Waals surface area contributed by atoms with Crippen molar-refractivity contribution in [3.05, 3.63) is 34.2 Å². The van der Waals surface area contributed by atoms with Gasteiger partial charge in [-0.15, -0.1) is 6.42 Å². The second-order valence-corrected chi connectivity index (χ2v) is 4.89. The number of nitrogens with zero attached hydrogens (tertiary/aromatic N) is 1. The Morgan fingerprint density at radius 1 is 1.60 bits per heavy atom. The van der Waals surface area contributed by atoms with Gasteiger partial charge in [0.1, 0.15) is 12.2 Å². The Balaban J connectivity index is 1.99. The van der Waals surface area contributed by atoms with E-state index in [0.29, 0.717) is 26.3 Å². The lowest BCUT2D eigenvalue weighted by Crippen LogP contribution is -2.42. The third kappa shape index (κ3) is 3.49. The Labute approximate surface area is 117 Å². The topological polar surface area (TPSA) is 62.4 Å². The maximum absolute atomic E-state index is 12.3. The quantitative estimate of drug-likeness (QED) is 0.655. The normalized spacial score (nSPS) is 18.6. The van der Waals surface area contributed by atoms with E-state index in [-0.39, 0.29) is 22.9 Å². The minimum Gasteiger partial charge on any atom is -0.368 e. The summed E-state index contributed by atoms with van der Waals surface area (Å²) in [5.41, 5.74) is -0.152. The number of carbonyl (C=O) groups excluding carboxylic acids is 1. The number of rotatable bonds is 4. The number of aromatic nitrogens is 1. The van der Waals surface area contributed by atoms with Crippen LogP contribution in [0.1, 0.15) is 23.2 Å². The summed E-state index contributed by atoms with van der Waals surface area (Å²) in [7, 11) is 0. The van der Waals surface area contributed by atoms with Gasteiger partial charge in [0.25, 0.3) is 11.5 Å². The Kier molecular flexibility index (Phi) is 4.97. The third-order valence-electron chi connectivity index (χ3n) is 3.39. The average Bonchev–Trinajstić information content (AvgIpc) is 2.48. The number of H-pyrrole nitrogens is 1. The molecule has 5 heteroatoms. The van der Waals surface area contributed by atoms with Crippen LogP contribution in [0.25, 0.3) is 0 Å². The van der Waals surface area contributed by atoms with Crippen molar-refractivity contribution in [1.82, 2.24) is 9.88 Å². The molecule has 0 radical (unpaired) electrons. The van der Waals surface area contributed by atoms with Gasteiger partial charge in [0.2, 0.25) is 0 Å². The van der Waals surface area contributed by atoms with E-state index in [9.17, 15) is 9.59 Å². The summed E-state index contributed by atoms with van der Waals surface area (Å²) in [4.78, 5) is 28.2. The molecule has 106 valence electrons. The summed E-state index contributed by atoms with van der Waals surface area (Å²) >= 11 is 0. The van der Waals surface area contributed by atoms with Crippen molar-refractivity contribution in [1.29, 1.82) is 0 Å². The van der Waals surface area contributed by atoms with E-state index >= 15 is 0 Å². The molecule has 1 aromatic heterocycles. The molecule has 2 rings (SSSR count). The van der Waals surface area contributed by atoms with Crippen LogP contribution in [-0.2, 0) is 4.74 Å². The molecule has 20 heavy (non-hydrogen) atoms. The third-order valence-corrected chi connectivity index (χ3v) is 3.39. The second kappa shape index (κ2) is 6.92. The van der Waals surface area contributed by atoms with Crippen LogP contribution in [-0.4, -0.2) is 42.1 Å². The summed E-state index contributed by atoms with van der Waals surface area (Å²) in [5.74, 6) is 2.49. The predicted molar refractivity (Wildman–Crippen MR) is 75.3 cm³/mol. The molecule has 1 saturated heterocycles. The van der Waals surface area contributed by atoms with Crippen molar-refractivity contribution in [3.8, 4) is 12.3 Å². The van der Waals surface area contributed by atoms with E-state index < -0.39 is 0 Å². The molecule has 1 N–H and O–H groups in total. The highest BCUT2D eigenvalue weighted by Crippen LogP contribution is 2.18. The zero-order valence-corrected chi connectivity index (χ0v) is 11.3. The van der Waals surface area contributed by atoms with Gasteiger partial charge in [-0.2, -0.15) is 0 Å². The Morgan fingerprint density at radius 2 is 2.45 bits per heavy atom. The molecule has 2 heterocycles.